The molecule has 4 aliphatic carbocycles. The number of allylic oxidation sites excluding steroid dienone is 2. The van der Waals surface area contributed by atoms with Gasteiger partial charge in [0.15, 0.2) is 0 Å². The molecule has 0 aromatic rings. The summed E-state index contributed by atoms with van der Waals surface area (Å²) >= 11 is 0. The number of aliphatic hydroxyl groups is 1. The third kappa shape index (κ3) is 4.27. The van der Waals surface area contributed by atoms with E-state index >= 15 is 0 Å². The number of hydrogen-bond donors (Lipinski definition) is 1. The molecular weight excluding hydrogens is 388 g/mol. The Hall–Kier alpha value is -0.300. The van der Waals surface area contributed by atoms with Gasteiger partial charge in [0.05, 0.1) is 6.10 Å². The van der Waals surface area contributed by atoms with Crippen LogP contribution < -0.4 is 0 Å². The van der Waals surface area contributed by atoms with E-state index in [0.717, 1.165) is 54.3 Å². The van der Waals surface area contributed by atoms with Crippen LogP contribution in [0.1, 0.15) is 119 Å². The van der Waals surface area contributed by atoms with Crippen molar-refractivity contribution in [3.05, 3.63) is 12.2 Å². The average molecular weight is 443 g/mol. The average Bonchev–Trinajstić information content (AvgIpc) is 3.10. The summed E-state index contributed by atoms with van der Waals surface area (Å²) in [6.07, 6.45) is 20.9. The first-order chi connectivity index (χ1) is 15.2. The first kappa shape index (κ1) is 24.8. The molecule has 4 saturated carbocycles. The van der Waals surface area contributed by atoms with Crippen LogP contribution in [-0.2, 0) is 0 Å². The van der Waals surface area contributed by atoms with Crippen molar-refractivity contribution in [2.24, 2.45) is 58.2 Å². The molecule has 4 aliphatic rings. The van der Waals surface area contributed by atoms with Gasteiger partial charge in [-0.25, -0.2) is 0 Å². The van der Waals surface area contributed by atoms with Crippen LogP contribution in [0.25, 0.3) is 0 Å². The zero-order valence-corrected chi connectivity index (χ0v) is 22.3. The van der Waals surface area contributed by atoms with E-state index in [4.69, 9.17) is 0 Å². The lowest BCUT2D eigenvalue weighted by molar-refractivity contribution is -0.152. The molecule has 0 unspecified atom stereocenters. The van der Waals surface area contributed by atoms with E-state index in [1.54, 1.807) is 0 Å². The Morgan fingerprint density at radius 2 is 1.53 bits per heavy atom. The Morgan fingerprint density at radius 3 is 2.25 bits per heavy atom. The third-order valence-corrected chi connectivity index (χ3v) is 11.8. The SMILES string of the molecule is CC=CC[C@@H]1[C@@H](O)CC[C@@]2(C)[C@H]1CC[C@@H]1[C@@H]2CC[C@]2(C)[C@@H]([C@H](C)CCCC(C)C)CC[C@@H]12. The Morgan fingerprint density at radius 1 is 0.844 bits per heavy atom. The van der Waals surface area contributed by atoms with Gasteiger partial charge < -0.3 is 5.11 Å². The normalized spacial score (nSPS) is 47.3. The molecule has 32 heavy (non-hydrogen) atoms. The Labute approximate surface area is 200 Å². The first-order valence-electron chi connectivity index (χ1n) is 14.5. The van der Waals surface area contributed by atoms with Crippen molar-refractivity contribution in [1.29, 1.82) is 0 Å². The minimum Gasteiger partial charge on any atom is -0.393 e. The van der Waals surface area contributed by atoms with Crippen LogP contribution in [0.15, 0.2) is 12.2 Å². The Kier molecular flexibility index (Phi) is 7.56. The molecule has 0 bridgehead atoms. The van der Waals surface area contributed by atoms with E-state index in [0.29, 0.717) is 16.7 Å². The molecule has 4 rings (SSSR count). The lowest BCUT2D eigenvalue weighted by Gasteiger charge is -2.62. The van der Waals surface area contributed by atoms with Crippen molar-refractivity contribution in [2.75, 3.05) is 0 Å². The highest BCUT2D eigenvalue weighted by molar-refractivity contribution is 5.11. The number of fused-ring (bicyclic) bond motifs is 5. The summed E-state index contributed by atoms with van der Waals surface area (Å²) in [6, 6.07) is 0. The third-order valence-electron chi connectivity index (χ3n) is 11.8. The summed E-state index contributed by atoms with van der Waals surface area (Å²) in [5, 5.41) is 10.9. The van der Waals surface area contributed by atoms with Crippen molar-refractivity contribution >= 4 is 0 Å². The van der Waals surface area contributed by atoms with Crippen LogP contribution >= 0.6 is 0 Å². The summed E-state index contributed by atoms with van der Waals surface area (Å²) in [5.41, 5.74) is 1.07. The molecule has 4 fully saturated rings. The predicted octanol–water partition coefficient (Wildman–Crippen LogP) is 8.66. The summed E-state index contributed by atoms with van der Waals surface area (Å²) < 4.78 is 0. The van der Waals surface area contributed by atoms with Crippen LogP contribution in [0, 0.1) is 58.2 Å². The zero-order chi connectivity index (χ0) is 23.1. The summed E-state index contributed by atoms with van der Waals surface area (Å²) in [6.45, 7) is 14.9. The van der Waals surface area contributed by atoms with Crippen molar-refractivity contribution < 1.29 is 5.11 Å². The van der Waals surface area contributed by atoms with E-state index < -0.39 is 0 Å². The van der Waals surface area contributed by atoms with Crippen LogP contribution in [0.4, 0.5) is 0 Å². The summed E-state index contributed by atoms with van der Waals surface area (Å²) in [7, 11) is 0. The molecule has 184 valence electrons. The molecule has 0 aromatic carbocycles. The molecule has 0 spiro atoms. The van der Waals surface area contributed by atoms with Gasteiger partial charge in [0.25, 0.3) is 0 Å². The largest absolute Gasteiger partial charge is 0.393 e. The van der Waals surface area contributed by atoms with Gasteiger partial charge in [0.2, 0.25) is 0 Å². The standard InChI is InChI=1S/C31H54O/c1-7-8-12-24-27-14-13-23-26-16-15-25(22(4)11-9-10-21(2)3)30(26,5)19-17-28(23)31(27,6)20-18-29(24)32/h7-8,21-29,32H,9-20H2,1-6H3/t22-,23+,24+,25-,26+,27+,28+,29+,30-,31+/m1/s1. The van der Waals surface area contributed by atoms with Crippen molar-refractivity contribution in [3.8, 4) is 0 Å². The quantitative estimate of drug-likeness (QED) is 0.391. The van der Waals surface area contributed by atoms with Gasteiger partial charge in [-0.2, -0.15) is 0 Å². The van der Waals surface area contributed by atoms with Crippen molar-refractivity contribution in [1.82, 2.24) is 0 Å². The zero-order valence-electron chi connectivity index (χ0n) is 22.3. The Bertz CT molecular complexity index is 651. The van der Waals surface area contributed by atoms with Gasteiger partial charge in [0.1, 0.15) is 0 Å². The number of hydrogen-bond acceptors (Lipinski definition) is 1. The summed E-state index contributed by atoms with van der Waals surface area (Å²) in [4.78, 5) is 0. The molecular formula is C31H54O. The van der Waals surface area contributed by atoms with Gasteiger partial charge in [-0.1, -0.05) is 66.0 Å². The van der Waals surface area contributed by atoms with E-state index in [1.807, 2.05) is 0 Å². The molecule has 1 heteroatoms. The summed E-state index contributed by atoms with van der Waals surface area (Å²) in [5.74, 6) is 6.79. The van der Waals surface area contributed by atoms with Crippen LogP contribution in [0.3, 0.4) is 0 Å². The second-order valence-corrected chi connectivity index (χ2v) is 13.7. The lowest BCUT2D eigenvalue weighted by atomic mass is 9.43. The van der Waals surface area contributed by atoms with Crippen molar-refractivity contribution in [2.45, 2.75) is 125 Å². The second kappa shape index (κ2) is 9.75. The van der Waals surface area contributed by atoms with E-state index in [9.17, 15) is 5.11 Å². The van der Waals surface area contributed by atoms with Crippen LogP contribution in [0.5, 0.6) is 0 Å². The Balaban J connectivity index is 1.48. The fraction of sp³-hybridized carbons (Fsp3) is 0.935. The molecule has 0 amide bonds. The fourth-order valence-corrected chi connectivity index (χ4v) is 10.1. The molecule has 0 aromatic heterocycles. The van der Waals surface area contributed by atoms with Gasteiger partial charge in [-0.3, -0.25) is 0 Å². The maximum Gasteiger partial charge on any atom is 0.0574 e. The van der Waals surface area contributed by atoms with Gasteiger partial charge in [-0.15, -0.1) is 0 Å². The van der Waals surface area contributed by atoms with E-state index in [2.05, 4.69) is 53.7 Å². The minimum atomic E-state index is -0.0720. The lowest BCUT2D eigenvalue weighted by Crippen LogP contribution is -2.56. The molecule has 1 nitrogen and oxygen atoms in total. The second-order valence-electron chi connectivity index (χ2n) is 13.7. The van der Waals surface area contributed by atoms with Crippen LogP contribution in [0.2, 0.25) is 0 Å². The molecule has 0 aliphatic heterocycles. The molecule has 10 atom stereocenters. The molecule has 0 radical (unpaired) electrons. The van der Waals surface area contributed by atoms with E-state index in [1.165, 1.54) is 64.2 Å². The van der Waals surface area contributed by atoms with E-state index in [-0.39, 0.29) is 6.10 Å². The highest BCUT2D eigenvalue weighted by Gasteiger charge is 2.61. The highest BCUT2D eigenvalue weighted by Crippen LogP contribution is 2.69. The smallest absolute Gasteiger partial charge is 0.0574 e. The maximum absolute atomic E-state index is 10.9. The molecule has 0 heterocycles. The molecule has 1 N–H and O–H groups in total. The minimum absolute atomic E-state index is 0.0720. The highest BCUT2D eigenvalue weighted by atomic mass is 16.3. The van der Waals surface area contributed by atoms with Gasteiger partial charge in [-0.05, 0) is 123 Å². The maximum atomic E-state index is 10.9. The topological polar surface area (TPSA) is 20.2 Å². The van der Waals surface area contributed by atoms with Crippen LogP contribution in [-0.4, -0.2) is 11.2 Å². The van der Waals surface area contributed by atoms with Crippen molar-refractivity contribution in [3.63, 3.8) is 0 Å². The predicted molar refractivity (Wildman–Crippen MR) is 137 cm³/mol. The monoisotopic (exact) mass is 442 g/mol. The number of rotatable bonds is 7. The first-order valence-corrected chi connectivity index (χ1v) is 14.5. The number of aliphatic hydroxyl groups excluding tert-OH is 1. The van der Waals surface area contributed by atoms with Gasteiger partial charge in [0, 0.05) is 0 Å². The fourth-order valence-electron chi connectivity index (χ4n) is 10.1. The van der Waals surface area contributed by atoms with Gasteiger partial charge >= 0.3 is 0 Å². The molecule has 0 saturated heterocycles.